The van der Waals surface area contributed by atoms with E-state index in [0.29, 0.717) is 5.56 Å². The normalized spacial score (nSPS) is 9.83. The summed E-state index contributed by atoms with van der Waals surface area (Å²) < 4.78 is 0. The van der Waals surface area contributed by atoms with E-state index in [1.807, 2.05) is 49.4 Å². The van der Waals surface area contributed by atoms with Crippen molar-refractivity contribution in [1.29, 1.82) is 5.26 Å². The largest absolute Gasteiger partial charge is 0.381 e. The molecule has 0 atom stereocenters. The number of rotatable bonds is 3. The molecule has 2 aromatic carbocycles. The summed E-state index contributed by atoms with van der Waals surface area (Å²) in [5.41, 5.74) is 4.03. The first-order valence-electron chi connectivity index (χ1n) is 5.68. The fourth-order valence-electron chi connectivity index (χ4n) is 1.73. The molecule has 1 N–H and O–H groups in total. The molecule has 0 saturated carbocycles. The summed E-state index contributed by atoms with van der Waals surface area (Å²) >= 11 is 5.83. The molecule has 0 heterocycles. The lowest BCUT2D eigenvalue weighted by Gasteiger charge is -2.09. The highest BCUT2D eigenvalue weighted by atomic mass is 35.5. The van der Waals surface area contributed by atoms with Crippen molar-refractivity contribution in [2.75, 3.05) is 5.32 Å². The van der Waals surface area contributed by atoms with Crippen molar-refractivity contribution in [3.63, 3.8) is 0 Å². The van der Waals surface area contributed by atoms with E-state index in [1.54, 1.807) is 0 Å². The summed E-state index contributed by atoms with van der Waals surface area (Å²) in [4.78, 5) is 0. The Labute approximate surface area is 112 Å². The number of aryl methyl sites for hydroxylation is 1. The van der Waals surface area contributed by atoms with Crippen molar-refractivity contribution < 1.29 is 0 Å². The SMILES string of the molecule is Cc1cc(C#N)ccc1CNc1ccc(Cl)cc1. The van der Waals surface area contributed by atoms with Crippen molar-refractivity contribution in [3.05, 3.63) is 64.2 Å². The van der Waals surface area contributed by atoms with Gasteiger partial charge in [-0.05, 0) is 54.4 Å². The summed E-state index contributed by atoms with van der Waals surface area (Å²) in [6.07, 6.45) is 0. The molecule has 0 radical (unpaired) electrons. The minimum atomic E-state index is 0.697. The average molecular weight is 257 g/mol. The van der Waals surface area contributed by atoms with E-state index in [4.69, 9.17) is 16.9 Å². The standard InChI is InChI=1S/C15H13ClN2/c1-11-8-12(9-17)2-3-13(11)10-18-15-6-4-14(16)5-7-15/h2-8,18H,10H2,1H3. The minimum Gasteiger partial charge on any atom is -0.381 e. The number of nitrogens with zero attached hydrogens (tertiary/aromatic N) is 1. The van der Waals surface area contributed by atoms with Crippen molar-refractivity contribution in [1.82, 2.24) is 0 Å². The Morgan fingerprint density at radius 2 is 1.89 bits per heavy atom. The van der Waals surface area contributed by atoms with Gasteiger partial charge in [0.15, 0.2) is 0 Å². The predicted octanol–water partition coefficient (Wildman–Crippen LogP) is 4.13. The van der Waals surface area contributed by atoms with E-state index in [0.717, 1.165) is 22.8 Å². The number of hydrogen-bond donors (Lipinski definition) is 1. The summed E-state index contributed by atoms with van der Waals surface area (Å²) in [7, 11) is 0. The second-order valence-electron chi connectivity index (χ2n) is 4.11. The minimum absolute atomic E-state index is 0.697. The van der Waals surface area contributed by atoms with E-state index >= 15 is 0 Å². The Hall–Kier alpha value is -1.98. The van der Waals surface area contributed by atoms with Crippen LogP contribution in [0.5, 0.6) is 0 Å². The lowest BCUT2D eigenvalue weighted by molar-refractivity contribution is 1.12. The van der Waals surface area contributed by atoms with Crippen LogP contribution in [0.3, 0.4) is 0 Å². The lowest BCUT2D eigenvalue weighted by atomic mass is 10.1. The molecule has 0 aromatic heterocycles. The molecule has 2 aromatic rings. The van der Waals surface area contributed by atoms with Crippen molar-refractivity contribution >= 4 is 17.3 Å². The van der Waals surface area contributed by atoms with Crippen LogP contribution in [-0.4, -0.2) is 0 Å². The Kier molecular flexibility index (Phi) is 3.86. The molecular formula is C15H13ClN2. The quantitative estimate of drug-likeness (QED) is 0.896. The van der Waals surface area contributed by atoms with Gasteiger partial charge < -0.3 is 5.32 Å². The van der Waals surface area contributed by atoms with Crippen LogP contribution >= 0.6 is 11.6 Å². The van der Waals surface area contributed by atoms with E-state index in [9.17, 15) is 0 Å². The van der Waals surface area contributed by atoms with Gasteiger partial charge in [-0.1, -0.05) is 17.7 Å². The first-order chi connectivity index (χ1) is 8.69. The van der Waals surface area contributed by atoms with Gasteiger partial charge >= 0.3 is 0 Å². The third-order valence-electron chi connectivity index (χ3n) is 2.80. The third-order valence-corrected chi connectivity index (χ3v) is 3.05. The van der Waals surface area contributed by atoms with E-state index in [-0.39, 0.29) is 0 Å². The molecule has 90 valence electrons. The summed E-state index contributed by atoms with van der Waals surface area (Å²) in [5.74, 6) is 0. The number of nitriles is 1. The second-order valence-corrected chi connectivity index (χ2v) is 4.55. The zero-order valence-corrected chi connectivity index (χ0v) is 10.8. The number of anilines is 1. The van der Waals surface area contributed by atoms with Crippen LogP contribution in [0.4, 0.5) is 5.69 Å². The van der Waals surface area contributed by atoms with Crippen LogP contribution in [-0.2, 0) is 6.54 Å². The topological polar surface area (TPSA) is 35.8 Å². The summed E-state index contributed by atoms with van der Waals surface area (Å²) in [6, 6.07) is 15.5. The van der Waals surface area contributed by atoms with Gasteiger partial charge in [0.05, 0.1) is 11.6 Å². The van der Waals surface area contributed by atoms with Crippen molar-refractivity contribution in [3.8, 4) is 6.07 Å². The molecule has 0 bridgehead atoms. The maximum absolute atomic E-state index is 8.81. The first-order valence-corrected chi connectivity index (χ1v) is 6.06. The smallest absolute Gasteiger partial charge is 0.0991 e. The van der Waals surface area contributed by atoms with Gasteiger partial charge in [-0.2, -0.15) is 5.26 Å². The van der Waals surface area contributed by atoms with Gasteiger partial charge in [0, 0.05) is 17.3 Å². The Morgan fingerprint density at radius 1 is 1.17 bits per heavy atom. The maximum atomic E-state index is 8.81. The van der Waals surface area contributed by atoms with Gasteiger partial charge in [-0.25, -0.2) is 0 Å². The van der Waals surface area contributed by atoms with Gasteiger partial charge in [0.2, 0.25) is 0 Å². The van der Waals surface area contributed by atoms with E-state index in [1.165, 1.54) is 5.56 Å². The van der Waals surface area contributed by atoms with Crippen LogP contribution in [0.25, 0.3) is 0 Å². The van der Waals surface area contributed by atoms with Gasteiger partial charge in [0.25, 0.3) is 0 Å². The fraction of sp³-hybridized carbons (Fsp3) is 0.133. The highest BCUT2D eigenvalue weighted by Crippen LogP contribution is 2.16. The Balaban J connectivity index is 2.06. The molecule has 0 spiro atoms. The molecule has 0 unspecified atom stereocenters. The van der Waals surface area contributed by atoms with Crippen LogP contribution in [0.2, 0.25) is 5.02 Å². The van der Waals surface area contributed by atoms with Crippen LogP contribution < -0.4 is 5.32 Å². The highest BCUT2D eigenvalue weighted by molar-refractivity contribution is 6.30. The molecule has 2 rings (SSSR count). The Morgan fingerprint density at radius 3 is 2.50 bits per heavy atom. The molecule has 18 heavy (non-hydrogen) atoms. The van der Waals surface area contributed by atoms with Gasteiger partial charge in [-0.15, -0.1) is 0 Å². The molecule has 0 aliphatic rings. The molecule has 0 saturated heterocycles. The molecule has 0 fully saturated rings. The first kappa shape index (κ1) is 12.5. The van der Waals surface area contributed by atoms with Crippen LogP contribution in [0, 0.1) is 18.3 Å². The third kappa shape index (κ3) is 3.03. The average Bonchev–Trinajstić information content (AvgIpc) is 2.39. The lowest BCUT2D eigenvalue weighted by Crippen LogP contribution is -2.01. The molecule has 3 heteroatoms. The monoisotopic (exact) mass is 256 g/mol. The second kappa shape index (κ2) is 5.57. The summed E-state index contributed by atoms with van der Waals surface area (Å²) in [6.45, 7) is 2.75. The van der Waals surface area contributed by atoms with Gasteiger partial charge in [-0.3, -0.25) is 0 Å². The summed E-state index contributed by atoms with van der Waals surface area (Å²) in [5, 5.41) is 12.9. The molecule has 0 aliphatic carbocycles. The van der Waals surface area contributed by atoms with E-state index in [2.05, 4.69) is 11.4 Å². The van der Waals surface area contributed by atoms with E-state index < -0.39 is 0 Å². The zero-order valence-electron chi connectivity index (χ0n) is 10.1. The highest BCUT2D eigenvalue weighted by Gasteiger charge is 2.00. The zero-order chi connectivity index (χ0) is 13.0. The number of benzene rings is 2. The van der Waals surface area contributed by atoms with Gasteiger partial charge in [0.1, 0.15) is 0 Å². The van der Waals surface area contributed by atoms with Crippen molar-refractivity contribution in [2.24, 2.45) is 0 Å². The van der Waals surface area contributed by atoms with Crippen LogP contribution in [0.1, 0.15) is 16.7 Å². The Bertz CT molecular complexity index is 582. The molecule has 2 nitrogen and oxygen atoms in total. The molecular weight excluding hydrogens is 244 g/mol. The van der Waals surface area contributed by atoms with Crippen LogP contribution in [0.15, 0.2) is 42.5 Å². The maximum Gasteiger partial charge on any atom is 0.0991 e. The fourth-order valence-corrected chi connectivity index (χ4v) is 1.85. The molecule has 0 aliphatic heterocycles. The van der Waals surface area contributed by atoms with Crippen molar-refractivity contribution in [2.45, 2.75) is 13.5 Å². The number of halogens is 1. The number of hydrogen-bond acceptors (Lipinski definition) is 2. The molecule has 0 amide bonds. The predicted molar refractivity (Wildman–Crippen MR) is 74.7 cm³/mol. The number of nitrogens with one attached hydrogen (secondary N) is 1.